The minimum absolute atomic E-state index is 0.0806. The van der Waals surface area contributed by atoms with Gasteiger partial charge in [-0.2, -0.15) is 0 Å². The molecule has 0 spiro atoms. The molecule has 2 unspecified atom stereocenters. The predicted molar refractivity (Wildman–Crippen MR) is 71.4 cm³/mol. The Kier molecular flexibility index (Phi) is 4.62. The summed E-state index contributed by atoms with van der Waals surface area (Å²) in [5.74, 6) is 0.366. The number of hydrogen-bond donors (Lipinski definition) is 1. The lowest BCUT2D eigenvalue weighted by molar-refractivity contribution is -0.138. The summed E-state index contributed by atoms with van der Waals surface area (Å²) >= 11 is 0. The van der Waals surface area contributed by atoms with Crippen LogP contribution in [-0.2, 0) is 9.53 Å². The Balaban J connectivity index is 1.87. The summed E-state index contributed by atoms with van der Waals surface area (Å²) in [7, 11) is 4.00. The zero-order valence-corrected chi connectivity index (χ0v) is 11.8. The van der Waals surface area contributed by atoms with Gasteiger partial charge in [0.15, 0.2) is 0 Å². The average Bonchev–Trinajstić information content (AvgIpc) is 2.83. The second-order valence-electron chi connectivity index (χ2n) is 5.71. The van der Waals surface area contributed by atoms with Crippen LogP contribution in [0.25, 0.3) is 0 Å². The highest BCUT2D eigenvalue weighted by atomic mass is 16.5. The minimum atomic E-state index is 0.0806. The number of carbonyl (C=O) groups is 1. The predicted octanol–water partition coefficient (Wildman–Crippen LogP) is 1.40. The van der Waals surface area contributed by atoms with E-state index in [-0.39, 0.29) is 17.9 Å². The van der Waals surface area contributed by atoms with E-state index >= 15 is 0 Å². The normalized spacial score (nSPS) is 36.6. The van der Waals surface area contributed by atoms with E-state index in [4.69, 9.17) is 4.74 Å². The Hall–Kier alpha value is -0.610. The van der Waals surface area contributed by atoms with Crippen LogP contribution in [0.15, 0.2) is 0 Å². The lowest BCUT2D eigenvalue weighted by Gasteiger charge is -2.36. The van der Waals surface area contributed by atoms with E-state index in [1.807, 2.05) is 25.9 Å². The van der Waals surface area contributed by atoms with Gasteiger partial charge in [0.2, 0.25) is 5.91 Å². The smallest absolute Gasteiger partial charge is 0.228 e. The topological polar surface area (TPSA) is 41.6 Å². The quantitative estimate of drug-likeness (QED) is 0.828. The molecule has 2 fully saturated rings. The first-order valence-electron chi connectivity index (χ1n) is 7.19. The first-order chi connectivity index (χ1) is 8.63. The van der Waals surface area contributed by atoms with Crippen LogP contribution in [0.2, 0.25) is 0 Å². The molecule has 0 bridgehead atoms. The van der Waals surface area contributed by atoms with Gasteiger partial charge in [-0.25, -0.2) is 0 Å². The molecule has 1 aliphatic carbocycles. The number of hydrogen-bond acceptors (Lipinski definition) is 3. The van der Waals surface area contributed by atoms with E-state index < -0.39 is 0 Å². The molecule has 1 heterocycles. The van der Waals surface area contributed by atoms with Crippen LogP contribution in [-0.4, -0.2) is 49.7 Å². The van der Waals surface area contributed by atoms with E-state index in [0.717, 1.165) is 25.9 Å². The van der Waals surface area contributed by atoms with Crippen molar-refractivity contribution in [1.29, 1.82) is 0 Å². The minimum Gasteiger partial charge on any atom is -0.378 e. The van der Waals surface area contributed by atoms with Gasteiger partial charge in [0.05, 0.1) is 12.0 Å². The van der Waals surface area contributed by atoms with Crippen molar-refractivity contribution in [2.75, 3.05) is 20.7 Å². The van der Waals surface area contributed by atoms with Crippen LogP contribution < -0.4 is 5.32 Å². The van der Waals surface area contributed by atoms with Crippen molar-refractivity contribution in [3.63, 3.8) is 0 Å². The third kappa shape index (κ3) is 2.86. The molecular formula is C14H26N2O2. The fourth-order valence-electron chi connectivity index (χ4n) is 3.25. The molecule has 0 aromatic rings. The maximum absolute atomic E-state index is 12.4. The number of ether oxygens (including phenoxy) is 1. The summed E-state index contributed by atoms with van der Waals surface area (Å²) in [4.78, 5) is 14.4. The van der Waals surface area contributed by atoms with E-state index in [9.17, 15) is 4.79 Å². The highest BCUT2D eigenvalue weighted by molar-refractivity contribution is 5.79. The first-order valence-corrected chi connectivity index (χ1v) is 7.19. The zero-order valence-electron chi connectivity index (χ0n) is 11.8. The molecule has 1 saturated carbocycles. The third-order valence-corrected chi connectivity index (χ3v) is 4.69. The molecule has 0 aromatic heterocycles. The molecule has 1 saturated heterocycles. The van der Waals surface area contributed by atoms with Crippen LogP contribution >= 0.6 is 0 Å². The highest BCUT2D eigenvalue weighted by Gasteiger charge is 2.35. The molecule has 2 atom stereocenters. The van der Waals surface area contributed by atoms with Gasteiger partial charge >= 0.3 is 0 Å². The van der Waals surface area contributed by atoms with Gasteiger partial charge in [-0.3, -0.25) is 4.79 Å². The van der Waals surface area contributed by atoms with Crippen molar-refractivity contribution >= 4 is 5.91 Å². The van der Waals surface area contributed by atoms with Crippen LogP contribution in [0, 0.1) is 5.92 Å². The summed E-state index contributed by atoms with van der Waals surface area (Å²) in [6.07, 6.45) is 5.57. The summed E-state index contributed by atoms with van der Waals surface area (Å²) in [6, 6.07) is 1.06. The SMILES string of the molecule is CNC1CCC(N(C)C(=O)C2CCOC2C)CC1. The maximum atomic E-state index is 12.4. The number of nitrogens with one attached hydrogen (secondary N) is 1. The van der Waals surface area contributed by atoms with Gasteiger partial charge in [-0.1, -0.05) is 0 Å². The van der Waals surface area contributed by atoms with Crippen molar-refractivity contribution in [3.8, 4) is 0 Å². The summed E-state index contributed by atoms with van der Waals surface area (Å²) in [5, 5.41) is 3.33. The molecule has 2 aliphatic rings. The van der Waals surface area contributed by atoms with Gasteiger partial charge in [0.1, 0.15) is 0 Å². The molecule has 104 valence electrons. The Morgan fingerprint density at radius 1 is 1.22 bits per heavy atom. The third-order valence-electron chi connectivity index (χ3n) is 4.69. The second-order valence-corrected chi connectivity index (χ2v) is 5.71. The lowest BCUT2D eigenvalue weighted by Crippen LogP contribution is -2.45. The average molecular weight is 254 g/mol. The standard InChI is InChI=1S/C14H26N2O2/c1-10-13(8-9-18-10)14(17)16(3)12-6-4-11(15-2)5-7-12/h10-13,15H,4-9H2,1-3H3. The van der Waals surface area contributed by atoms with Crippen LogP contribution in [0.4, 0.5) is 0 Å². The van der Waals surface area contributed by atoms with Gasteiger partial charge in [-0.15, -0.1) is 0 Å². The van der Waals surface area contributed by atoms with Gasteiger partial charge in [0.25, 0.3) is 0 Å². The molecule has 2 rings (SSSR count). The molecule has 1 amide bonds. The van der Waals surface area contributed by atoms with Crippen LogP contribution in [0.1, 0.15) is 39.0 Å². The number of rotatable bonds is 3. The Morgan fingerprint density at radius 2 is 1.89 bits per heavy atom. The summed E-state index contributed by atoms with van der Waals surface area (Å²) in [5.41, 5.74) is 0. The lowest BCUT2D eigenvalue weighted by atomic mass is 9.89. The van der Waals surface area contributed by atoms with Gasteiger partial charge in [-0.05, 0) is 46.1 Å². The number of amides is 1. The van der Waals surface area contributed by atoms with Crippen molar-refractivity contribution in [3.05, 3.63) is 0 Å². The van der Waals surface area contributed by atoms with E-state index in [1.165, 1.54) is 12.8 Å². The van der Waals surface area contributed by atoms with Gasteiger partial charge in [0, 0.05) is 25.7 Å². The summed E-state index contributed by atoms with van der Waals surface area (Å²) < 4.78 is 5.50. The monoisotopic (exact) mass is 254 g/mol. The molecule has 1 N–H and O–H groups in total. The second kappa shape index (κ2) is 6.02. The Labute approximate surface area is 110 Å². The first kappa shape index (κ1) is 13.8. The van der Waals surface area contributed by atoms with Crippen molar-refractivity contribution < 1.29 is 9.53 Å². The van der Waals surface area contributed by atoms with E-state index in [2.05, 4.69) is 5.32 Å². The molecular weight excluding hydrogens is 228 g/mol. The van der Waals surface area contributed by atoms with Crippen molar-refractivity contribution in [1.82, 2.24) is 10.2 Å². The molecule has 0 aromatic carbocycles. The largest absolute Gasteiger partial charge is 0.378 e. The fourth-order valence-corrected chi connectivity index (χ4v) is 3.25. The van der Waals surface area contributed by atoms with E-state index in [0.29, 0.717) is 12.1 Å². The highest BCUT2D eigenvalue weighted by Crippen LogP contribution is 2.27. The Morgan fingerprint density at radius 3 is 2.39 bits per heavy atom. The molecule has 1 aliphatic heterocycles. The number of nitrogens with zero attached hydrogens (tertiary/aromatic N) is 1. The van der Waals surface area contributed by atoms with Crippen molar-refractivity contribution in [2.24, 2.45) is 5.92 Å². The molecule has 4 heteroatoms. The van der Waals surface area contributed by atoms with Gasteiger partial charge < -0.3 is 15.0 Å². The van der Waals surface area contributed by atoms with Crippen LogP contribution in [0.5, 0.6) is 0 Å². The Bertz CT molecular complexity index is 288. The van der Waals surface area contributed by atoms with Crippen LogP contribution in [0.3, 0.4) is 0 Å². The molecule has 0 radical (unpaired) electrons. The van der Waals surface area contributed by atoms with Crippen molar-refractivity contribution in [2.45, 2.75) is 57.2 Å². The number of carbonyl (C=O) groups excluding carboxylic acids is 1. The van der Waals surface area contributed by atoms with E-state index in [1.54, 1.807) is 0 Å². The molecule has 4 nitrogen and oxygen atoms in total. The fraction of sp³-hybridized carbons (Fsp3) is 0.929. The molecule has 18 heavy (non-hydrogen) atoms. The summed E-state index contributed by atoms with van der Waals surface area (Å²) in [6.45, 7) is 2.75. The zero-order chi connectivity index (χ0) is 13.1. The maximum Gasteiger partial charge on any atom is 0.228 e.